The van der Waals surface area contributed by atoms with Gasteiger partial charge in [0.15, 0.2) is 17.5 Å². The zero-order valence-corrected chi connectivity index (χ0v) is 19.5. The lowest BCUT2D eigenvalue weighted by Crippen LogP contribution is -2.28. The molecule has 0 bridgehead atoms. The Labute approximate surface area is 199 Å². The largest absolute Gasteiger partial charge is 0.453 e. The van der Waals surface area contributed by atoms with E-state index in [4.69, 9.17) is 4.74 Å². The van der Waals surface area contributed by atoms with Gasteiger partial charge in [0.25, 0.3) is 0 Å². The first-order valence-corrected chi connectivity index (χ1v) is 11.4. The molecule has 0 amide bonds. The van der Waals surface area contributed by atoms with Crippen LogP contribution in [0.25, 0.3) is 5.69 Å². The summed E-state index contributed by atoms with van der Waals surface area (Å²) in [5, 5.41) is 10.2. The molecule has 0 unspecified atom stereocenters. The lowest BCUT2D eigenvalue weighted by molar-refractivity contribution is -0.118. The van der Waals surface area contributed by atoms with E-state index in [1.54, 1.807) is 30.2 Å². The van der Waals surface area contributed by atoms with Crippen molar-refractivity contribution in [3.8, 4) is 11.8 Å². The Hall–Kier alpha value is -4.10. The van der Waals surface area contributed by atoms with Crippen molar-refractivity contribution in [1.82, 2.24) is 9.55 Å². The number of para-hydroxylation sites is 2. The summed E-state index contributed by atoms with van der Waals surface area (Å²) in [7, 11) is 3.53. The van der Waals surface area contributed by atoms with E-state index in [1.807, 2.05) is 30.3 Å². The minimum atomic E-state index is -0.788. The summed E-state index contributed by atoms with van der Waals surface area (Å²) in [5.41, 5.74) is 2.19. The standard InChI is InChI=1S/C24H20FN5O3S/c1-28-18-6-4-5-7-19(18)29(2)22(28)17(12-26)21(31)14-33-23(32)20-13-27-24(34-3)30(20)16-10-8-15(25)9-11-16/h4-11,13H,14H2,1-3H3. The van der Waals surface area contributed by atoms with Gasteiger partial charge in [-0.2, -0.15) is 5.26 Å². The van der Waals surface area contributed by atoms with Crippen LogP contribution in [-0.2, 0) is 9.53 Å². The molecule has 0 saturated carbocycles. The molecular formula is C24H20FN5O3S. The van der Waals surface area contributed by atoms with Crippen molar-refractivity contribution < 1.29 is 18.7 Å². The molecule has 10 heteroatoms. The molecule has 0 N–H and O–H groups in total. The molecule has 172 valence electrons. The molecular weight excluding hydrogens is 457 g/mol. The molecule has 1 aliphatic heterocycles. The minimum absolute atomic E-state index is 0.0810. The Kier molecular flexibility index (Phi) is 6.38. The number of imidazole rings is 1. The second-order valence-corrected chi connectivity index (χ2v) is 8.13. The van der Waals surface area contributed by atoms with Crippen molar-refractivity contribution in [2.75, 3.05) is 36.8 Å². The summed E-state index contributed by atoms with van der Waals surface area (Å²) in [5.74, 6) is -1.42. The summed E-state index contributed by atoms with van der Waals surface area (Å²) >= 11 is 1.30. The predicted octanol–water partition coefficient (Wildman–Crippen LogP) is 3.78. The number of carbonyl (C=O) groups is 2. The Morgan fingerprint density at radius 3 is 2.26 bits per heavy atom. The lowest BCUT2D eigenvalue weighted by Gasteiger charge is -2.19. The average Bonchev–Trinajstić information content (AvgIpc) is 3.39. The molecule has 0 fully saturated rings. The highest BCUT2D eigenvalue weighted by Gasteiger charge is 2.31. The number of nitriles is 1. The molecule has 3 aromatic rings. The summed E-state index contributed by atoms with van der Waals surface area (Å²) in [6.45, 7) is -0.619. The van der Waals surface area contributed by atoms with Crippen LogP contribution in [0, 0.1) is 17.1 Å². The summed E-state index contributed by atoms with van der Waals surface area (Å²) in [6.07, 6.45) is 3.12. The lowest BCUT2D eigenvalue weighted by atomic mass is 10.2. The molecule has 34 heavy (non-hydrogen) atoms. The smallest absolute Gasteiger partial charge is 0.357 e. The van der Waals surface area contributed by atoms with Crippen molar-refractivity contribution >= 4 is 34.9 Å². The highest BCUT2D eigenvalue weighted by molar-refractivity contribution is 7.98. The van der Waals surface area contributed by atoms with E-state index in [0.717, 1.165) is 11.4 Å². The third-order valence-corrected chi connectivity index (χ3v) is 6.05. The van der Waals surface area contributed by atoms with Gasteiger partial charge < -0.3 is 14.5 Å². The number of halogens is 1. The zero-order chi connectivity index (χ0) is 24.4. The van der Waals surface area contributed by atoms with Gasteiger partial charge in [0.2, 0.25) is 5.78 Å². The number of fused-ring (bicyclic) bond motifs is 1. The first-order valence-electron chi connectivity index (χ1n) is 10.2. The number of anilines is 2. The number of nitrogens with zero attached hydrogens (tertiary/aromatic N) is 5. The van der Waals surface area contributed by atoms with Gasteiger partial charge in [-0.15, -0.1) is 0 Å². The Morgan fingerprint density at radius 1 is 1.09 bits per heavy atom. The SMILES string of the molecule is CSc1ncc(C(=O)OCC(=O)C(C#N)=C2N(C)c3ccccc3N2C)n1-c1ccc(F)cc1. The zero-order valence-electron chi connectivity index (χ0n) is 18.7. The van der Waals surface area contributed by atoms with Crippen LogP contribution in [0.3, 0.4) is 0 Å². The second-order valence-electron chi connectivity index (χ2n) is 7.36. The van der Waals surface area contributed by atoms with Crippen LogP contribution in [0.5, 0.6) is 0 Å². The highest BCUT2D eigenvalue weighted by Crippen LogP contribution is 2.40. The summed E-state index contributed by atoms with van der Waals surface area (Å²) in [4.78, 5) is 33.5. The van der Waals surface area contributed by atoms with E-state index in [2.05, 4.69) is 4.98 Å². The van der Waals surface area contributed by atoms with Crippen molar-refractivity contribution in [3.63, 3.8) is 0 Å². The number of Topliss-reactive ketones (excluding diaryl/α,β-unsaturated/α-hetero) is 1. The van der Waals surface area contributed by atoms with Crippen LogP contribution < -0.4 is 9.80 Å². The van der Waals surface area contributed by atoms with E-state index < -0.39 is 24.2 Å². The number of carbonyl (C=O) groups excluding carboxylic acids is 2. The fraction of sp³-hybridized carbons (Fsp3) is 0.167. The molecule has 0 saturated heterocycles. The monoisotopic (exact) mass is 477 g/mol. The normalized spacial score (nSPS) is 12.4. The molecule has 8 nitrogen and oxygen atoms in total. The van der Waals surface area contributed by atoms with E-state index in [9.17, 15) is 19.2 Å². The van der Waals surface area contributed by atoms with Crippen molar-refractivity contribution in [2.24, 2.45) is 0 Å². The third-order valence-electron chi connectivity index (χ3n) is 5.39. The maximum absolute atomic E-state index is 13.4. The van der Waals surface area contributed by atoms with E-state index in [-0.39, 0.29) is 11.3 Å². The number of esters is 1. The number of ether oxygens (including phenoxy) is 1. The Balaban J connectivity index is 1.57. The number of benzene rings is 2. The van der Waals surface area contributed by atoms with Gasteiger partial charge in [0.1, 0.15) is 23.3 Å². The third kappa shape index (κ3) is 4.02. The Bertz CT molecular complexity index is 1310. The molecule has 1 aromatic heterocycles. The minimum Gasteiger partial charge on any atom is -0.453 e. The van der Waals surface area contributed by atoms with Crippen molar-refractivity contribution in [3.05, 3.63) is 77.6 Å². The van der Waals surface area contributed by atoms with Crippen LogP contribution >= 0.6 is 11.8 Å². The van der Waals surface area contributed by atoms with Crippen LogP contribution in [0.4, 0.5) is 15.8 Å². The average molecular weight is 478 g/mol. The second kappa shape index (κ2) is 9.41. The maximum atomic E-state index is 13.4. The highest BCUT2D eigenvalue weighted by atomic mass is 32.2. The van der Waals surface area contributed by atoms with E-state index in [0.29, 0.717) is 16.7 Å². The first-order chi connectivity index (χ1) is 16.4. The Morgan fingerprint density at radius 2 is 1.71 bits per heavy atom. The van der Waals surface area contributed by atoms with Crippen LogP contribution in [-0.4, -0.2) is 48.3 Å². The molecule has 2 heterocycles. The fourth-order valence-electron chi connectivity index (χ4n) is 3.80. The number of thioether (sulfide) groups is 1. The van der Waals surface area contributed by atoms with Gasteiger partial charge >= 0.3 is 5.97 Å². The van der Waals surface area contributed by atoms with Crippen molar-refractivity contribution in [2.45, 2.75) is 5.16 Å². The number of ketones is 1. The molecule has 4 rings (SSSR count). The number of hydrogen-bond donors (Lipinski definition) is 0. The number of aromatic nitrogens is 2. The first kappa shape index (κ1) is 23.1. The topological polar surface area (TPSA) is 91.5 Å². The van der Waals surface area contributed by atoms with Gasteiger partial charge in [-0.25, -0.2) is 14.2 Å². The van der Waals surface area contributed by atoms with Gasteiger partial charge in [0, 0.05) is 19.8 Å². The predicted molar refractivity (Wildman–Crippen MR) is 126 cm³/mol. The van der Waals surface area contributed by atoms with Crippen LogP contribution in [0.15, 0.2) is 71.3 Å². The summed E-state index contributed by atoms with van der Waals surface area (Å²) < 4.78 is 20.2. The fourth-order valence-corrected chi connectivity index (χ4v) is 4.34. The van der Waals surface area contributed by atoms with Crippen molar-refractivity contribution in [1.29, 1.82) is 5.26 Å². The van der Waals surface area contributed by atoms with Gasteiger partial charge in [-0.3, -0.25) is 9.36 Å². The van der Waals surface area contributed by atoms with E-state index >= 15 is 0 Å². The van der Waals surface area contributed by atoms with Gasteiger partial charge in [0.05, 0.1) is 17.6 Å². The quantitative estimate of drug-likeness (QED) is 0.229. The van der Waals surface area contributed by atoms with E-state index in [1.165, 1.54) is 46.8 Å². The molecule has 0 atom stereocenters. The van der Waals surface area contributed by atoms with Crippen LogP contribution in [0.1, 0.15) is 10.5 Å². The van der Waals surface area contributed by atoms with Crippen LogP contribution in [0.2, 0.25) is 0 Å². The number of hydrogen-bond acceptors (Lipinski definition) is 8. The van der Waals surface area contributed by atoms with Gasteiger partial charge in [-0.1, -0.05) is 23.9 Å². The molecule has 0 aliphatic carbocycles. The van der Waals surface area contributed by atoms with Gasteiger partial charge in [-0.05, 0) is 42.7 Å². The molecule has 2 aromatic carbocycles. The number of rotatable bonds is 6. The maximum Gasteiger partial charge on any atom is 0.357 e. The molecule has 1 aliphatic rings. The summed E-state index contributed by atoms with van der Waals surface area (Å²) in [6, 6.07) is 15.0. The molecule has 0 radical (unpaired) electrons. The molecule has 0 spiro atoms.